The van der Waals surface area contributed by atoms with Crippen LogP contribution in [0.25, 0.3) is 16.8 Å². The molecule has 3 unspecified atom stereocenters. The topological polar surface area (TPSA) is 9.23 Å². The van der Waals surface area contributed by atoms with Gasteiger partial charge in [-0.15, -0.1) is 0 Å². The van der Waals surface area contributed by atoms with Crippen molar-refractivity contribution >= 4 is 16.8 Å². The number of hydrogen-bond donors (Lipinski definition) is 0. The molecule has 0 saturated carbocycles. The maximum Gasteiger partial charge on any atom is 0.0468 e. The van der Waals surface area contributed by atoms with Crippen LogP contribution in [0, 0.1) is 17.8 Å². The second-order valence-corrected chi connectivity index (χ2v) is 10.5. The lowest BCUT2D eigenvalue weighted by Gasteiger charge is -2.22. The Bertz CT molecular complexity index is 1100. The van der Waals surface area contributed by atoms with Gasteiger partial charge in [0.1, 0.15) is 0 Å². The molecule has 2 aromatic carbocycles. The van der Waals surface area contributed by atoms with Gasteiger partial charge >= 0.3 is 0 Å². The van der Waals surface area contributed by atoms with Crippen LogP contribution in [-0.4, -0.2) is 13.2 Å². The van der Waals surface area contributed by atoms with Crippen LogP contribution >= 0.6 is 0 Å². The molecule has 1 heteroatoms. The Morgan fingerprint density at radius 2 is 1.88 bits per heavy atom. The summed E-state index contributed by atoms with van der Waals surface area (Å²) in [5.41, 5.74) is 9.46. The zero-order valence-electron chi connectivity index (χ0n) is 19.5. The van der Waals surface area contributed by atoms with Crippen LogP contribution in [0.1, 0.15) is 68.6 Å². The third kappa shape index (κ3) is 3.59. The minimum Gasteiger partial charge on any atom is -0.381 e. The SMILES string of the molecule is CC1C(=Cc2ccc3c4c(cccc24)CC3)C2=C(C=CCC2)C1CCC1CCCOCC1. The van der Waals surface area contributed by atoms with Crippen molar-refractivity contribution in [3.63, 3.8) is 0 Å². The third-order valence-corrected chi connectivity index (χ3v) is 8.73. The van der Waals surface area contributed by atoms with Crippen molar-refractivity contribution in [2.75, 3.05) is 13.2 Å². The van der Waals surface area contributed by atoms with Gasteiger partial charge in [0.15, 0.2) is 0 Å². The van der Waals surface area contributed by atoms with Crippen LogP contribution in [0.2, 0.25) is 0 Å². The first kappa shape index (κ1) is 20.5. The average molecular weight is 425 g/mol. The molecule has 0 N–H and O–H groups in total. The molecule has 0 bridgehead atoms. The van der Waals surface area contributed by atoms with Gasteiger partial charge in [-0.25, -0.2) is 0 Å². The zero-order valence-corrected chi connectivity index (χ0v) is 19.5. The summed E-state index contributed by atoms with van der Waals surface area (Å²) in [6.07, 6.45) is 18.8. The summed E-state index contributed by atoms with van der Waals surface area (Å²) in [4.78, 5) is 0. The number of aryl methyl sites for hydroxylation is 2. The predicted molar refractivity (Wildman–Crippen MR) is 135 cm³/mol. The van der Waals surface area contributed by atoms with E-state index in [2.05, 4.69) is 55.5 Å². The van der Waals surface area contributed by atoms with Crippen molar-refractivity contribution in [2.45, 2.75) is 64.7 Å². The standard InChI is InChI=1S/C31H36O/c1-21-26(16-11-22-6-5-18-32-19-17-22)28-8-2-3-9-29(28)30(21)20-25-15-14-24-13-12-23-7-4-10-27(25)31(23)24/h2,4,7-8,10,14-15,20-22,26H,3,5-6,9,11-13,16-19H2,1H3. The minimum atomic E-state index is 0.618. The van der Waals surface area contributed by atoms with Crippen LogP contribution in [-0.2, 0) is 17.6 Å². The monoisotopic (exact) mass is 424 g/mol. The van der Waals surface area contributed by atoms with Gasteiger partial charge in [0.25, 0.3) is 0 Å². The Kier molecular flexibility index (Phi) is 5.55. The molecule has 3 aliphatic carbocycles. The van der Waals surface area contributed by atoms with Crippen LogP contribution in [0.15, 0.2) is 59.2 Å². The molecule has 1 fully saturated rings. The van der Waals surface area contributed by atoms with E-state index >= 15 is 0 Å². The summed E-state index contributed by atoms with van der Waals surface area (Å²) in [5.74, 6) is 2.16. The second-order valence-electron chi connectivity index (χ2n) is 10.5. The molecule has 1 saturated heterocycles. The van der Waals surface area contributed by atoms with E-state index in [-0.39, 0.29) is 0 Å². The summed E-state index contributed by atoms with van der Waals surface area (Å²) in [5, 5.41) is 3.00. The molecule has 32 heavy (non-hydrogen) atoms. The molecular weight excluding hydrogens is 388 g/mol. The molecule has 2 aromatic rings. The van der Waals surface area contributed by atoms with Crippen LogP contribution in [0.4, 0.5) is 0 Å². The van der Waals surface area contributed by atoms with Crippen molar-refractivity contribution in [3.05, 3.63) is 75.9 Å². The van der Waals surface area contributed by atoms with Gasteiger partial charge in [-0.05, 0) is 120 Å². The highest BCUT2D eigenvalue weighted by atomic mass is 16.5. The fourth-order valence-electron chi connectivity index (χ4n) is 6.96. The highest BCUT2D eigenvalue weighted by molar-refractivity contribution is 5.97. The Balaban J connectivity index is 1.33. The quantitative estimate of drug-likeness (QED) is 0.486. The summed E-state index contributed by atoms with van der Waals surface area (Å²) in [6, 6.07) is 11.7. The molecule has 0 spiro atoms. The summed E-state index contributed by atoms with van der Waals surface area (Å²) in [6.45, 7) is 4.43. The third-order valence-electron chi connectivity index (χ3n) is 8.73. The lowest BCUT2D eigenvalue weighted by molar-refractivity contribution is 0.141. The van der Waals surface area contributed by atoms with Crippen molar-refractivity contribution in [1.82, 2.24) is 0 Å². The zero-order chi connectivity index (χ0) is 21.5. The van der Waals surface area contributed by atoms with Crippen LogP contribution in [0.5, 0.6) is 0 Å². The number of ether oxygens (including phenoxy) is 1. The molecule has 3 atom stereocenters. The lowest BCUT2D eigenvalue weighted by atomic mass is 9.82. The number of benzene rings is 2. The Morgan fingerprint density at radius 1 is 0.969 bits per heavy atom. The Labute approximate surface area is 193 Å². The van der Waals surface area contributed by atoms with Gasteiger partial charge in [0, 0.05) is 13.2 Å². The molecule has 0 amide bonds. The van der Waals surface area contributed by atoms with Crippen LogP contribution in [0.3, 0.4) is 0 Å². The molecule has 1 aliphatic heterocycles. The minimum absolute atomic E-state index is 0.618. The van der Waals surface area contributed by atoms with Gasteiger partial charge in [0.05, 0.1) is 0 Å². The summed E-state index contributed by atoms with van der Waals surface area (Å²) in [7, 11) is 0. The van der Waals surface area contributed by atoms with E-state index in [0.717, 1.165) is 19.1 Å². The van der Waals surface area contributed by atoms with Crippen molar-refractivity contribution in [3.8, 4) is 0 Å². The van der Waals surface area contributed by atoms with E-state index in [1.807, 2.05) is 0 Å². The highest BCUT2D eigenvalue weighted by Crippen LogP contribution is 2.49. The lowest BCUT2D eigenvalue weighted by Crippen LogP contribution is -2.12. The molecule has 0 radical (unpaired) electrons. The van der Waals surface area contributed by atoms with Crippen molar-refractivity contribution in [1.29, 1.82) is 0 Å². The van der Waals surface area contributed by atoms with Crippen molar-refractivity contribution in [2.24, 2.45) is 17.8 Å². The number of rotatable bonds is 4. The Morgan fingerprint density at radius 3 is 2.81 bits per heavy atom. The molecule has 1 heterocycles. The molecule has 166 valence electrons. The van der Waals surface area contributed by atoms with E-state index in [0.29, 0.717) is 11.8 Å². The highest BCUT2D eigenvalue weighted by Gasteiger charge is 2.35. The molecular formula is C31H36O. The van der Waals surface area contributed by atoms with Gasteiger partial charge in [-0.3, -0.25) is 0 Å². The summed E-state index contributed by atoms with van der Waals surface area (Å²) >= 11 is 0. The number of allylic oxidation sites excluding steroid dienone is 5. The first-order valence-corrected chi connectivity index (χ1v) is 13.0. The van der Waals surface area contributed by atoms with Crippen molar-refractivity contribution < 1.29 is 4.74 Å². The number of hydrogen-bond acceptors (Lipinski definition) is 1. The van der Waals surface area contributed by atoms with Gasteiger partial charge in [-0.2, -0.15) is 0 Å². The molecule has 6 rings (SSSR count). The van der Waals surface area contributed by atoms with E-state index in [1.165, 1.54) is 74.1 Å². The normalized spacial score (nSPS) is 28.5. The maximum atomic E-state index is 5.71. The molecule has 0 aromatic heterocycles. The van der Waals surface area contributed by atoms with Gasteiger partial charge < -0.3 is 4.74 Å². The van der Waals surface area contributed by atoms with Gasteiger partial charge in [-0.1, -0.05) is 55.5 Å². The van der Waals surface area contributed by atoms with Crippen LogP contribution < -0.4 is 0 Å². The molecule has 4 aliphatic rings. The largest absolute Gasteiger partial charge is 0.381 e. The smallest absolute Gasteiger partial charge is 0.0468 e. The second kappa shape index (κ2) is 8.67. The first-order chi connectivity index (χ1) is 15.8. The van der Waals surface area contributed by atoms with E-state index < -0.39 is 0 Å². The fraction of sp³-hybridized carbons (Fsp3) is 0.484. The van der Waals surface area contributed by atoms with E-state index in [1.54, 1.807) is 27.8 Å². The first-order valence-electron chi connectivity index (χ1n) is 13.0. The molecule has 1 nitrogen and oxygen atoms in total. The van der Waals surface area contributed by atoms with E-state index in [4.69, 9.17) is 4.74 Å². The van der Waals surface area contributed by atoms with E-state index in [9.17, 15) is 0 Å². The fourth-order valence-corrected chi connectivity index (χ4v) is 6.96. The average Bonchev–Trinajstić information content (AvgIpc) is 3.22. The predicted octanol–water partition coefficient (Wildman–Crippen LogP) is 7.83. The van der Waals surface area contributed by atoms with Gasteiger partial charge in [0.2, 0.25) is 0 Å². The Hall–Kier alpha value is -2.12. The maximum absolute atomic E-state index is 5.71. The summed E-state index contributed by atoms with van der Waals surface area (Å²) < 4.78 is 5.71.